The standard InChI is InChI=1S/C19H23F3N4O2S.C2H6/c1-11-9-14(29(28)23-2)7-8-16(11)25-18-24-10-15(19(20,21)22)17(26-18)12-3-5-13(27)6-4-12;1-2/h7-10,12-13,23,27H,3-6H2,1-2H3,(H,24,25,26);1-2H3. The molecular formula is C21H29F3N4O2S. The summed E-state index contributed by atoms with van der Waals surface area (Å²) in [5, 5.41) is 12.6. The van der Waals surface area contributed by atoms with Gasteiger partial charge in [0.1, 0.15) is 11.0 Å². The van der Waals surface area contributed by atoms with Gasteiger partial charge in [0.15, 0.2) is 0 Å². The third kappa shape index (κ3) is 6.47. The summed E-state index contributed by atoms with van der Waals surface area (Å²) in [6.07, 6.45) is -2.39. The first-order valence-corrected chi connectivity index (χ1v) is 11.4. The van der Waals surface area contributed by atoms with E-state index in [9.17, 15) is 22.5 Å². The molecule has 1 unspecified atom stereocenters. The van der Waals surface area contributed by atoms with Crippen LogP contribution in [0.1, 0.15) is 62.3 Å². The van der Waals surface area contributed by atoms with Crippen LogP contribution in [0.2, 0.25) is 0 Å². The molecule has 31 heavy (non-hydrogen) atoms. The van der Waals surface area contributed by atoms with E-state index in [1.165, 1.54) is 0 Å². The van der Waals surface area contributed by atoms with E-state index in [2.05, 4.69) is 20.0 Å². The molecular weight excluding hydrogens is 429 g/mol. The molecule has 6 nitrogen and oxygen atoms in total. The number of halogens is 3. The predicted octanol–water partition coefficient (Wildman–Crippen LogP) is 4.83. The average Bonchev–Trinajstić information content (AvgIpc) is 2.75. The van der Waals surface area contributed by atoms with Gasteiger partial charge >= 0.3 is 6.18 Å². The zero-order valence-electron chi connectivity index (χ0n) is 18.1. The lowest BCUT2D eigenvalue weighted by atomic mass is 9.84. The van der Waals surface area contributed by atoms with Crippen LogP contribution in [-0.2, 0) is 17.2 Å². The molecule has 2 aromatic rings. The molecule has 10 heteroatoms. The quantitative estimate of drug-likeness (QED) is 0.597. The van der Waals surface area contributed by atoms with Crippen LogP contribution in [0.5, 0.6) is 0 Å². The van der Waals surface area contributed by atoms with Crippen molar-refractivity contribution in [2.75, 3.05) is 12.4 Å². The number of hydrogen-bond acceptors (Lipinski definition) is 5. The largest absolute Gasteiger partial charge is 0.419 e. The van der Waals surface area contributed by atoms with Gasteiger partial charge < -0.3 is 10.4 Å². The number of hydrogen-bond donors (Lipinski definition) is 3. The van der Waals surface area contributed by atoms with Gasteiger partial charge in [0, 0.05) is 17.8 Å². The summed E-state index contributed by atoms with van der Waals surface area (Å²) < 4.78 is 54.9. The molecule has 0 spiro atoms. The van der Waals surface area contributed by atoms with Crippen LogP contribution >= 0.6 is 0 Å². The highest BCUT2D eigenvalue weighted by Crippen LogP contribution is 2.40. The Morgan fingerprint density at radius 3 is 2.35 bits per heavy atom. The molecule has 172 valence electrons. The zero-order chi connectivity index (χ0) is 23.2. The number of aliphatic hydroxyl groups is 1. The number of aromatic nitrogens is 2. The second kappa shape index (κ2) is 11.0. The van der Waals surface area contributed by atoms with E-state index in [1.807, 2.05) is 13.8 Å². The summed E-state index contributed by atoms with van der Waals surface area (Å²) in [5.41, 5.74) is 0.511. The van der Waals surface area contributed by atoms with Gasteiger partial charge in [-0.25, -0.2) is 18.9 Å². The second-order valence-corrected chi connectivity index (χ2v) is 8.49. The van der Waals surface area contributed by atoms with Crippen molar-refractivity contribution in [2.24, 2.45) is 0 Å². The molecule has 1 aromatic carbocycles. The van der Waals surface area contributed by atoms with Crippen LogP contribution in [0.4, 0.5) is 24.8 Å². The summed E-state index contributed by atoms with van der Waals surface area (Å²) in [5.74, 6) is -0.301. The Bertz CT molecular complexity index is 901. The van der Waals surface area contributed by atoms with Crippen molar-refractivity contribution in [1.29, 1.82) is 0 Å². The lowest BCUT2D eigenvalue weighted by molar-refractivity contribution is -0.139. The molecule has 1 saturated carbocycles. The first-order chi connectivity index (χ1) is 14.7. The highest BCUT2D eigenvalue weighted by atomic mass is 32.2. The van der Waals surface area contributed by atoms with Crippen LogP contribution in [-0.4, -0.2) is 32.4 Å². The summed E-state index contributed by atoms with van der Waals surface area (Å²) in [4.78, 5) is 8.65. The fraction of sp³-hybridized carbons (Fsp3) is 0.524. The molecule has 1 heterocycles. The first kappa shape index (κ1) is 25.2. The van der Waals surface area contributed by atoms with Gasteiger partial charge in [0.2, 0.25) is 5.95 Å². The first-order valence-electron chi connectivity index (χ1n) is 10.3. The third-order valence-electron chi connectivity index (χ3n) is 5.05. The van der Waals surface area contributed by atoms with Gasteiger partial charge in [-0.05, 0) is 63.4 Å². The number of alkyl halides is 3. The zero-order valence-corrected chi connectivity index (χ0v) is 18.9. The van der Waals surface area contributed by atoms with Crippen molar-refractivity contribution < 1.29 is 22.5 Å². The lowest BCUT2D eigenvalue weighted by Gasteiger charge is -2.27. The Morgan fingerprint density at radius 1 is 1.16 bits per heavy atom. The van der Waals surface area contributed by atoms with Crippen molar-refractivity contribution in [3.05, 3.63) is 41.2 Å². The smallest absolute Gasteiger partial charge is 0.393 e. The molecule has 1 aromatic heterocycles. The molecule has 1 atom stereocenters. The van der Waals surface area contributed by atoms with Gasteiger partial charge in [0.05, 0.1) is 22.3 Å². The summed E-state index contributed by atoms with van der Waals surface area (Å²) in [6, 6.07) is 5.08. The van der Waals surface area contributed by atoms with Crippen LogP contribution in [0.25, 0.3) is 0 Å². The highest BCUT2D eigenvalue weighted by molar-refractivity contribution is 7.83. The number of rotatable bonds is 5. The van der Waals surface area contributed by atoms with Crippen molar-refractivity contribution in [2.45, 2.75) is 69.5 Å². The monoisotopic (exact) mass is 458 g/mol. The van der Waals surface area contributed by atoms with Gasteiger partial charge in [0.25, 0.3) is 0 Å². The second-order valence-electron chi connectivity index (χ2n) is 7.07. The molecule has 1 aliphatic rings. The number of nitrogens with zero attached hydrogens (tertiary/aromatic N) is 2. The summed E-state index contributed by atoms with van der Waals surface area (Å²) >= 11 is 0. The maximum atomic E-state index is 13.5. The van der Waals surface area contributed by atoms with Gasteiger partial charge in [-0.3, -0.25) is 0 Å². The number of nitrogens with one attached hydrogen (secondary N) is 2. The molecule has 0 radical (unpaired) electrons. The minimum absolute atomic E-state index is 0.0348. The van der Waals surface area contributed by atoms with Gasteiger partial charge in [-0.1, -0.05) is 13.8 Å². The van der Waals surface area contributed by atoms with E-state index in [-0.39, 0.29) is 17.6 Å². The molecule has 1 aliphatic carbocycles. The minimum Gasteiger partial charge on any atom is -0.393 e. The normalized spacial score (nSPS) is 19.9. The van der Waals surface area contributed by atoms with E-state index >= 15 is 0 Å². The van der Waals surface area contributed by atoms with E-state index in [4.69, 9.17) is 0 Å². The van der Waals surface area contributed by atoms with Crippen LogP contribution in [0, 0.1) is 6.92 Å². The number of aryl methyl sites for hydroxylation is 1. The Hall–Kier alpha value is -2.04. The van der Waals surface area contributed by atoms with E-state index in [1.54, 1.807) is 32.2 Å². The molecule has 0 saturated heterocycles. The van der Waals surface area contributed by atoms with Crippen LogP contribution in [0.3, 0.4) is 0 Å². The minimum atomic E-state index is -4.54. The van der Waals surface area contributed by atoms with Crippen molar-refractivity contribution in [3.8, 4) is 0 Å². The molecule has 0 bridgehead atoms. The average molecular weight is 459 g/mol. The number of aliphatic hydroxyl groups excluding tert-OH is 1. The molecule has 0 aliphatic heterocycles. The Morgan fingerprint density at radius 2 is 1.81 bits per heavy atom. The maximum absolute atomic E-state index is 13.5. The van der Waals surface area contributed by atoms with Crippen molar-refractivity contribution in [1.82, 2.24) is 14.7 Å². The number of benzene rings is 1. The Kier molecular flexibility index (Phi) is 8.96. The summed E-state index contributed by atoms with van der Waals surface area (Å²) in [7, 11) is 0.250. The SMILES string of the molecule is CC.CNS(=O)c1ccc(Nc2ncc(C(F)(F)F)c(C3CCC(O)CC3)n2)c(C)c1. The Labute approximate surface area is 183 Å². The van der Waals surface area contributed by atoms with E-state index < -0.39 is 28.8 Å². The van der Waals surface area contributed by atoms with E-state index in [0.29, 0.717) is 36.3 Å². The van der Waals surface area contributed by atoms with Crippen molar-refractivity contribution in [3.63, 3.8) is 0 Å². The summed E-state index contributed by atoms with van der Waals surface area (Å²) in [6.45, 7) is 5.80. The Balaban J connectivity index is 0.00000166. The molecule has 1 fully saturated rings. The van der Waals surface area contributed by atoms with Crippen molar-refractivity contribution >= 4 is 22.6 Å². The fourth-order valence-electron chi connectivity index (χ4n) is 3.46. The van der Waals surface area contributed by atoms with Crippen LogP contribution in [0.15, 0.2) is 29.3 Å². The lowest BCUT2D eigenvalue weighted by Crippen LogP contribution is -2.22. The van der Waals surface area contributed by atoms with Gasteiger partial charge in [-0.2, -0.15) is 13.2 Å². The van der Waals surface area contributed by atoms with Gasteiger partial charge in [-0.15, -0.1) is 0 Å². The molecule has 3 rings (SSSR count). The number of anilines is 2. The van der Waals surface area contributed by atoms with E-state index in [0.717, 1.165) is 11.8 Å². The topological polar surface area (TPSA) is 87.1 Å². The molecule has 3 N–H and O–H groups in total. The molecule has 0 amide bonds. The maximum Gasteiger partial charge on any atom is 0.419 e. The third-order valence-corrected chi connectivity index (χ3v) is 6.10. The van der Waals surface area contributed by atoms with Crippen LogP contribution < -0.4 is 10.0 Å². The highest BCUT2D eigenvalue weighted by Gasteiger charge is 2.38. The fourth-order valence-corrected chi connectivity index (χ4v) is 4.18. The predicted molar refractivity (Wildman–Crippen MR) is 116 cm³/mol.